The Labute approximate surface area is 136 Å². The van der Waals surface area contributed by atoms with Crippen LogP contribution in [-0.2, 0) is 15.4 Å². The lowest BCUT2D eigenvalue weighted by molar-refractivity contribution is 0.565. The summed E-state index contributed by atoms with van der Waals surface area (Å²) < 4.78 is 26.8. The van der Waals surface area contributed by atoms with Gasteiger partial charge in [0.15, 0.2) is 0 Å². The van der Waals surface area contributed by atoms with E-state index in [0.717, 1.165) is 30.2 Å². The minimum atomic E-state index is -3.18. The van der Waals surface area contributed by atoms with Gasteiger partial charge in [0.2, 0.25) is 10.0 Å². The zero-order valence-corrected chi connectivity index (χ0v) is 14.2. The SMILES string of the molecule is CCCCS(=O)(=O)NCC1(c2c[nH]c3ccc(Cl)cc23)CC1. The number of hydrogen-bond acceptors (Lipinski definition) is 2. The number of rotatable bonds is 7. The largest absolute Gasteiger partial charge is 0.361 e. The van der Waals surface area contributed by atoms with Crippen LogP contribution in [-0.4, -0.2) is 25.7 Å². The molecule has 22 heavy (non-hydrogen) atoms. The van der Waals surface area contributed by atoms with Crippen molar-refractivity contribution in [3.05, 3.63) is 35.0 Å². The summed E-state index contributed by atoms with van der Waals surface area (Å²) in [4.78, 5) is 3.26. The van der Waals surface area contributed by atoms with E-state index in [1.54, 1.807) is 0 Å². The lowest BCUT2D eigenvalue weighted by Gasteiger charge is -2.16. The van der Waals surface area contributed by atoms with Crippen LogP contribution in [0.5, 0.6) is 0 Å². The quantitative estimate of drug-likeness (QED) is 0.809. The van der Waals surface area contributed by atoms with Gasteiger partial charge in [0, 0.05) is 34.1 Å². The molecule has 1 aliphatic rings. The summed E-state index contributed by atoms with van der Waals surface area (Å²) in [6.45, 7) is 2.46. The molecule has 1 fully saturated rings. The third kappa shape index (κ3) is 3.16. The number of nitrogens with one attached hydrogen (secondary N) is 2. The van der Waals surface area contributed by atoms with Crippen LogP contribution in [0.1, 0.15) is 38.2 Å². The second-order valence-corrected chi connectivity index (χ2v) is 8.53. The zero-order valence-electron chi connectivity index (χ0n) is 12.7. The van der Waals surface area contributed by atoms with Gasteiger partial charge in [0.25, 0.3) is 0 Å². The van der Waals surface area contributed by atoms with Gasteiger partial charge in [0.05, 0.1) is 5.75 Å². The van der Waals surface area contributed by atoms with E-state index in [4.69, 9.17) is 11.6 Å². The van der Waals surface area contributed by atoms with E-state index in [0.29, 0.717) is 18.0 Å². The molecule has 0 aliphatic heterocycles. The molecule has 1 aliphatic carbocycles. The predicted molar refractivity (Wildman–Crippen MR) is 90.9 cm³/mol. The fourth-order valence-corrected chi connectivity index (χ4v) is 4.36. The second-order valence-electron chi connectivity index (χ2n) is 6.17. The van der Waals surface area contributed by atoms with Crippen molar-refractivity contribution in [2.24, 2.45) is 0 Å². The normalized spacial score (nSPS) is 17.0. The van der Waals surface area contributed by atoms with Crippen molar-refractivity contribution < 1.29 is 8.42 Å². The highest BCUT2D eigenvalue weighted by Gasteiger charge is 2.46. The summed E-state index contributed by atoms with van der Waals surface area (Å²) in [5, 5.41) is 1.80. The van der Waals surface area contributed by atoms with Crippen LogP contribution in [0.2, 0.25) is 5.02 Å². The number of fused-ring (bicyclic) bond motifs is 1. The van der Waals surface area contributed by atoms with Crippen molar-refractivity contribution in [1.82, 2.24) is 9.71 Å². The molecule has 2 N–H and O–H groups in total. The molecule has 1 heterocycles. The Morgan fingerprint density at radius 1 is 1.36 bits per heavy atom. The number of hydrogen-bond donors (Lipinski definition) is 2. The Kier molecular flexibility index (Phi) is 4.23. The van der Waals surface area contributed by atoms with E-state index in [-0.39, 0.29) is 11.2 Å². The first kappa shape index (κ1) is 15.8. The lowest BCUT2D eigenvalue weighted by Crippen LogP contribution is -2.33. The number of halogens is 1. The Morgan fingerprint density at radius 3 is 2.82 bits per heavy atom. The third-order valence-corrected chi connectivity index (χ3v) is 6.11. The molecule has 0 spiro atoms. The zero-order chi connectivity index (χ0) is 15.8. The molecular weight excluding hydrogens is 320 g/mol. The van der Waals surface area contributed by atoms with Crippen molar-refractivity contribution in [2.45, 2.75) is 38.0 Å². The van der Waals surface area contributed by atoms with Crippen LogP contribution >= 0.6 is 11.6 Å². The third-order valence-electron chi connectivity index (χ3n) is 4.47. The fourth-order valence-electron chi connectivity index (χ4n) is 2.88. The Hall–Kier alpha value is -1.04. The van der Waals surface area contributed by atoms with Gasteiger partial charge in [-0.15, -0.1) is 0 Å². The predicted octanol–water partition coefficient (Wildman–Crippen LogP) is 3.57. The molecule has 0 unspecified atom stereocenters. The fraction of sp³-hybridized carbons (Fsp3) is 0.500. The second kappa shape index (κ2) is 5.87. The highest BCUT2D eigenvalue weighted by atomic mass is 35.5. The van der Waals surface area contributed by atoms with Crippen molar-refractivity contribution in [2.75, 3.05) is 12.3 Å². The molecule has 0 saturated heterocycles. The van der Waals surface area contributed by atoms with Crippen LogP contribution in [0.4, 0.5) is 0 Å². The molecule has 0 atom stereocenters. The van der Waals surface area contributed by atoms with E-state index in [9.17, 15) is 8.42 Å². The molecule has 1 aromatic heterocycles. The number of H-pyrrole nitrogens is 1. The van der Waals surface area contributed by atoms with Gasteiger partial charge >= 0.3 is 0 Å². The van der Waals surface area contributed by atoms with Crippen molar-refractivity contribution in [3.8, 4) is 0 Å². The maximum atomic E-state index is 12.0. The maximum absolute atomic E-state index is 12.0. The first-order valence-electron chi connectivity index (χ1n) is 7.70. The minimum absolute atomic E-state index is 0.0811. The highest BCUT2D eigenvalue weighted by Crippen LogP contribution is 2.50. The van der Waals surface area contributed by atoms with Crippen LogP contribution < -0.4 is 4.72 Å². The van der Waals surface area contributed by atoms with Crippen molar-refractivity contribution in [1.29, 1.82) is 0 Å². The smallest absolute Gasteiger partial charge is 0.211 e. The van der Waals surface area contributed by atoms with Gasteiger partial charge in [-0.05, 0) is 43.0 Å². The van der Waals surface area contributed by atoms with Crippen molar-refractivity contribution >= 4 is 32.5 Å². The summed E-state index contributed by atoms with van der Waals surface area (Å²) in [5.41, 5.74) is 2.13. The van der Waals surface area contributed by atoms with E-state index in [1.807, 2.05) is 31.3 Å². The molecule has 0 bridgehead atoms. The molecule has 3 rings (SSSR count). The summed E-state index contributed by atoms with van der Waals surface area (Å²) in [5.74, 6) is 0.208. The molecule has 4 nitrogen and oxygen atoms in total. The highest BCUT2D eigenvalue weighted by molar-refractivity contribution is 7.89. The van der Waals surface area contributed by atoms with Gasteiger partial charge in [0.1, 0.15) is 0 Å². The minimum Gasteiger partial charge on any atom is -0.361 e. The average molecular weight is 341 g/mol. The van der Waals surface area contributed by atoms with Crippen LogP contribution in [0.15, 0.2) is 24.4 Å². The van der Waals surface area contributed by atoms with Gasteiger partial charge in [-0.3, -0.25) is 0 Å². The lowest BCUT2D eigenvalue weighted by atomic mass is 9.96. The average Bonchev–Trinajstić information content (AvgIpc) is 3.16. The number of aromatic nitrogens is 1. The van der Waals surface area contributed by atoms with Crippen molar-refractivity contribution in [3.63, 3.8) is 0 Å². The Morgan fingerprint density at radius 2 is 2.14 bits per heavy atom. The first-order valence-corrected chi connectivity index (χ1v) is 9.73. The molecular formula is C16H21ClN2O2S. The molecule has 1 saturated carbocycles. The van der Waals surface area contributed by atoms with Gasteiger partial charge < -0.3 is 4.98 Å². The molecule has 2 aromatic rings. The Balaban J connectivity index is 1.80. The van der Waals surface area contributed by atoms with E-state index >= 15 is 0 Å². The van der Waals surface area contributed by atoms with Gasteiger partial charge in [-0.25, -0.2) is 13.1 Å². The van der Waals surface area contributed by atoms with E-state index in [2.05, 4.69) is 9.71 Å². The molecule has 0 amide bonds. The van der Waals surface area contributed by atoms with E-state index in [1.165, 1.54) is 5.56 Å². The van der Waals surface area contributed by atoms with Gasteiger partial charge in [-0.2, -0.15) is 0 Å². The number of sulfonamides is 1. The van der Waals surface area contributed by atoms with Crippen LogP contribution in [0.25, 0.3) is 10.9 Å². The van der Waals surface area contributed by atoms with Crippen LogP contribution in [0.3, 0.4) is 0 Å². The number of unbranched alkanes of at least 4 members (excludes halogenated alkanes) is 1. The molecule has 0 radical (unpaired) electrons. The Bertz CT molecular complexity index is 779. The number of benzene rings is 1. The van der Waals surface area contributed by atoms with E-state index < -0.39 is 10.0 Å². The summed E-state index contributed by atoms with van der Waals surface area (Å²) in [6.07, 6.45) is 5.58. The molecule has 6 heteroatoms. The monoisotopic (exact) mass is 340 g/mol. The maximum Gasteiger partial charge on any atom is 0.211 e. The standard InChI is InChI=1S/C16H21ClN2O2S/c1-2-3-8-22(20,21)19-11-16(6-7-16)14-10-18-15-5-4-12(17)9-13(14)15/h4-5,9-10,18-19H,2-3,6-8,11H2,1H3. The number of aromatic amines is 1. The summed E-state index contributed by atoms with van der Waals surface area (Å²) in [7, 11) is -3.18. The summed E-state index contributed by atoms with van der Waals surface area (Å²) in [6, 6.07) is 5.77. The molecule has 120 valence electrons. The van der Waals surface area contributed by atoms with Crippen LogP contribution in [0, 0.1) is 0 Å². The van der Waals surface area contributed by atoms with Gasteiger partial charge in [-0.1, -0.05) is 24.9 Å². The topological polar surface area (TPSA) is 62.0 Å². The molecule has 1 aromatic carbocycles. The first-order chi connectivity index (χ1) is 10.5. The summed E-state index contributed by atoms with van der Waals surface area (Å²) >= 11 is 6.10.